The first-order valence-corrected chi connectivity index (χ1v) is 10.6. The van der Waals surface area contributed by atoms with Gasteiger partial charge in [0.1, 0.15) is 18.1 Å². The van der Waals surface area contributed by atoms with Gasteiger partial charge in [0.2, 0.25) is 17.7 Å². The average Bonchev–Trinajstić information content (AvgIpc) is 3.17. The number of aromatic amines is 1. The lowest BCUT2D eigenvalue weighted by molar-refractivity contribution is -0.143. The topological polar surface area (TPSA) is 187 Å². The van der Waals surface area contributed by atoms with Gasteiger partial charge in [-0.1, -0.05) is 32.0 Å². The first-order valence-electron chi connectivity index (χ1n) is 10.6. The van der Waals surface area contributed by atoms with Gasteiger partial charge in [0, 0.05) is 23.5 Å². The van der Waals surface area contributed by atoms with Gasteiger partial charge >= 0.3 is 5.97 Å². The molecule has 0 aliphatic carbocycles. The Labute approximate surface area is 191 Å². The zero-order chi connectivity index (χ0) is 24.7. The number of aliphatic carboxylic acids is 1. The van der Waals surface area contributed by atoms with E-state index in [-0.39, 0.29) is 6.42 Å². The highest BCUT2D eigenvalue weighted by molar-refractivity contribution is 5.95. The van der Waals surface area contributed by atoms with Gasteiger partial charge in [-0.15, -0.1) is 0 Å². The van der Waals surface area contributed by atoms with E-state index in [1.165, 1.54) is 6.92 Å². The highest BCUT2D eigenvalue weighted by Gasteiger charge is 2.31. The second-order valence-electron chi connectivity index (χ2n) is 8.23. The minimum Gasteiger partial charge on any atom is -0.480 e. The van der Waals surface area contributed by atoms with Crippen LogP contribution in [-0.2, 0) is 25.6 Å². The Hall–Kier alpha value is -3.44. The smallest absolute Gasteiger partial charge is 0.328 e. The van der Waals surface area contributed by atoms with Gasteiger partial charge < -0.3 is 36.9 Å². The van der Waals surface area contributed by atoms with Gasteiger partial charge in [0.05, 0.1) is 12.6 Å². The Bertz CT molecular complexity index is 1000. The van der Waals surface area contributed by atoms with Crippen LogP contribution in [0.2, 0.25) is 0 Å². The standard InChI is InChI=1S/C22H31N5O6/c1-11(2)18(21(31)26-17(10-28)22(32)33)27-20(30)16(25-19(29)12(3)23)8-13-9-24-15-7-5-4-6-14(13)15/h4-7,9,11-12,16-18,24,28H,8,10,23H2,1-3H3,(H,25,29)(H,26,31)(H,27,30)(H,32,33). The number of amides is 3. The van der Waals surface area contributed by atoms with E-state index >= 15 is 0 Å². The van der Waals surface area contributed by atoms with E-state index in [4.69, 9.17) is 10.8 Å². The molecule has 2 rings (SSSR count). The van der Waals surface area contributed by atoms with E-state index in [0.29, 0.717) is 0 Å². The Morgan fingerprint density at radius 1 is 0.970 bits per heavy atom. The number of hydrogen-bond donors (Lipinski definition) is 7. The maximum absolute atomic E-state index is 13.1. The molecule has 4 unspecified atom stereocenters. The fourth-order valence-electron chi connectivity index (χ4n) is 3.27. The number of carboxylic acid groups (broad SMARTS) is 1. The number of para-hydroxylation sites is 1. The molecule has 11 heteroatoms. The van der Waals surface area contributed by atoms with E-state index in [1.807, 2.05) is 24.3 Å². The summed E-state index contributed by atoms with van der Waals surface area (Å²) in [6, 6.07) is 3.00. The predicted molar refractivity (Wildman–Crippen MR) is 121 cm³/mol. The monoisotopic (exact) mass is 461 g/mol. The van der Waals surface area contributed by atoms with Crippen molar-refractivity contribution >= 4 is 34.6 Å². The van der Waals surface area contributed by atoms with Crippen molar-refractivity contribution in [1.82, 2.24) is 20.9 Å². The van der Waals surface area contributed by atoms with E-state index in [0.717, 1.165) is 16.5 Å². The maximum Gasteiger partial charge on any atom is 0.328 e. The summed E-state index contributed by atoms with van der Waals surface area (Å²) in [6.07, 6.45) is 1.88. The number of aromatic nitrogens is 1. The molecule has 180 valence electrons. The Kier molecular flexibility index (Phi) is 8.94. The number of aliphatic hydroxyl groups excluding tert-OH is 1. The Balaban J connectivity index is 2.25. The number of H-pyrrole nitrogens is 1. The van der Waals surface area contributed by atoms with Crippen LogP contribution in [0.4, 0.5) is 0 Å². The minimum absolute atomic E-state index is 0.134. The van der Waals surface area contributed by atoms with E-state index < -0.39 is 60.4 Å². The lowest BCUT2D eigenvalue weighted by atomic mass is 10.00. The van der Waals surface area contributed by atoms with Crippen molar-refractivity contribution in [3.8, 4) is 0 Å². The molecule has 11 nitrogen and oxygen atoms in total. The van der Waals surface area contributed by atoms with Crippen molar-refractivity contribution in [1.29, 1.82) is 0 Å². The van der Waals surface area contributed by atoms with Gasteiger partial charge in [-0.05, 0) is 24.5 Å². The normalized spacial score (nSPS) is 14.8. The molecule has 0 aliphatic heterocycles. The largest absolute Gasteiger partial charge is 0.480 e. The summed E-state index contributed by atoms with van der Waals surface area (Å²) in [7, 11) is 0. The van der Waals surface area contributed by atoms with E-state index in [9.17, 15) is 24.3 Å². The number of aliphatic hydroxyl groups is 1. The van der Waals surface area contributed by atoms with Gasteiger partial charge in [-0.25, -0.2) is 4.79 Å². The molecule has 0 fully saturated rings. The van der Waals surface area contributed by atoms with E-state index in [2.05, 4.69) is 20.9 Å². The maximum atomic E-state index is 13.1. The third-order valence-electron chi connectivity index (χ3n) is 5.19. The molecular weight excluding hydrogens is 430 g/mol. The Morgan fingerprint density at radius 2 is 1.61 bits per heavy atom. The van der Waals surface area contributed by atoms with Crippen molar-refractivity contribution < 1.29 is 29.4 Å². The van der Waals surface area contributed by atoms with Crippen LogP contribution in [0.3, 0.4) is 0 Å². The van der Waals surface area contributed by atoms with Gasteiger partial charge in [-0.3, -0.25) is 14.4 Å². The molecule has 1 heterocycles. The van der Waals surface area contributed by atoms with Crippen LogP contribution in [0.1, 0.15) is 26.3 Å². The molecule has 0 radical (unpaired) electrons. The van der Waals surface area contributed by atoms with E-state index in [1.54, 1.807) is 20.0 Å². The second-order valence-corrected chi connectivity index (χ2v) is 8.23. The third-order valence-corrected chi connectivity index (χ3v) is 5.19. The summed E-state index contributed by atoms with van der Waals surface area (Å²) >= 11 is 0. The summed E-state index contributed by atoms with van der Waals surface area (Å²) in [6.45, 7) is 4.04. The number of nitrogens with two attached hydrogens (primary N) is 1. The molecule has 0 aliphatic rings. The number of carbonyl (C=O) groups excluding carboxylic acids is 3. The molecule has 0 saturated carbocycles. The zero-order valence-corrected chi connectivity index (χ0v) is 18.8. The van der Waals surface area contributed by atoms with Gasteiger partial charge in [0.25, 0.3) is 0 Å². The number of hydrogen-bond acceptors (Lipinski definition) is 6. The van der Waals surface area contributed by atoms with Crippen LogP contribution in [0.5, 0.6) is 0 Å². The quantitative estimate of drug-likeness (QED) is 0.229. The van der Waals surface area contributed by atoms with Crippen LogP contribution in [0.15, 0.2) is 30.5 Å². The number of nitrogens with one attached hydrogen (secondary N) is 4. The molecule has 4 atom stereocenters. The molecule has 8 N–H and O–H groups in total. The molecule has 1 aromatic carbocycles. The summed E-state index contributed by atoms with van der Waals surface area (Å²) in [4.78, 5) is 52.3. The summed E-state index contributed by atoms with van der Waals surface area (Å²) in [5, 5.41) is 26.5. The number of carboxylic acids is 1. The summed E-state index contributed by atoms with van der Waals surface area (Å²) < 4.78 is 0. The SMILES string of the molecule is CC(N)C(=O)NC(Cc1c[nH]c2ccccc12)C(=O)NC(C(=O)NC(CO)C(=O)O)C(C)C. The van der Waals surface area contributed by atoms with Crippen molar-refractivity contribution in [2.45, 2.75) is 51.4 Å². The molecule has 33 heavy (non-hydrogen) atoms. The van der Waals surface area contributed by atoms with Crippen LogP contribution in [-0.4, -0.2) is 69.7 Å². The predicted octanol–water partition coefficient (Wildman–Crippen LogP) is -0.755. The number of fused-ring (bicyclic) bond motifs is 1. The number of carbonyl (C=O) groups is 4. The first kappa shape index (κ1) is 25.8. The van der Waals surface area contributed by atoms with Gasteiger partial charge in [-0.2, -0.15) is 0 Å². The highest BCUT2D eigenvalue weighted by Crippen LogP contribution is 2.19. The molecular formula is C22H31N5O6. The summed E-state index contributed by atoms with van der Waals surface area (Å²) in [5.74, 6) is -3.73. The van der Waals surface area contributed by atoms with Crippen LogP contribution < -0.4 is 21.7 Å². The van der Waals surface area contributed by atoms with Crippen molar-refractivity contribution in [2.24, 2.45) is 11.7 Å². The van der Waals surface area contributed by atoms with Crippen molar-refractivity contribution in [3.63, 3.8) is 0 Å². The molecule has 0 bridgehead atoms. The Morgan fingerprint density at radius 3 is 2.18 bits per heavy atom. The molecule has 3 amide bonds. The van der Waals surface area contributed by atoms with Crippen LogP contribution >= 0.6 is 0 Å². The van der Waals surface area contributed by atoms with Crippen molar-refractivity contribution in [2.75, 3.05) is 6.61 Å². The van der Waals surface area contributed by atoms with Gasteiger partial charge in [0.15, 0.2) is 0 Å². The fourth-order valence-corrected chi connectivity index (χ4v) is 3.27. The van der Waals surface area contributed by atoms with Crippen LogP contribution in [0.25, 0.3) is 10.9 Å². The highest BCUT2D eigenvalue weighted by atomic mass is 16.4. The van der Waals surface area contributed by atoms with Crippen LogP contribution in [0, 0.1) is 5.92 Å². The fraction of sp³-hybridized carbons (Fsp3) is 0.455. The molecule has 1 aromatic heterocycles. The minimum atomic E-state index is -1.50. The average molecular weight is 462 g/mol. The molecule has 2 aromatic rings. The lowest BCUT2D eigenvalue weighted by Gasteiger charge is -2.26. The summed E-state index contributed by atoms with van der Waals surface area (Å²) in [5.41, 5.74) is 7.30. The lowest BCUT2D eigenvalue weighted by Crippen LogP contribution is -2.59. The third kappa shape index (κ3) is 6.77. The molecule has 0 spiro atoms. The first-order chi connectivity index (χ1) is 15.5. The zero-order valence-electron chi connectivity index (χ0n) is 18.8. The van der Waals surface area contributed by atoms with Crippen molar-refractivity contribution in [3.05, 3.63) is 36.0 Å². The second kappa shape index (κ2) is 11.4. The molecule has 0 saturated heterocycles. The number of benzene rings is 1. The number of rotatable bonds is 11.